The van der Waals surface area contributed by atoms with Crippen LogP contribution in [0.1, 0.15) is 0 Å². The summed E-state index contributed by atoms with van der Waals surface area (Å²) in [5.74, 6) is 0. The maximum Gasteiger partial charge on any atom is 0.401 e. The van der Waals surface area contributed by atoms with Gasteiger partial charge in [-0.25, -0.2) is 4.79 Å². The molecule has 0 aliphatic rings. The minimum atomic E-state index is -1.36. The van der Waals surface area contributed by atoms with Crippen molar-refractivity contribution in [2.75, 3.05) is 0 Å². The van der Waals surface area contributed by atoms with E-state index in [1.54, 1.807) is 0 Å². The van der Waals surface area contributed by atoms with Crippen LogP contribution in [0.4, 0.5) is 4.79 Å². The first-order valence-corrected chi connectivity index (χ1v) is 4.40. The Morgan fingerprint density at radius 2 is 1.14 bits per heavy atom. The van der Waals surface area contributed by atoms with Crippen LogP contribution in [0.3, 0.4) is 0 Å². The van der Waals surface area contributed by atoms with Gasteiger partial charge in [-0.2, -0.15) is 0 Å². The van der Waals surface area contributed by atoms with Gasteiger partial charge in [-0.1, -0.05) is 48.5 Å². The summed E-state index contributed by atoms with van der Waals surface area (Å²) in [6.45, 7) is 0. The molecule has 2 rings (SSSR count). The highest BCUT2D eigenvalue weighted by Gasteiger charge is 1.85. The van der Waals surface area contributed by atoms with Gasteiger partial charge in [0.2, 0.25) is 0 Å². The molecule has 0 fully saturated rings. The number of hydrogen-bond acceptors (Lipinski definition) is 1. The Hall–Kier alpha value is -1.54. The highest BCUT2D eigenvalue weighted by molar-refractivity contribution is 6.60. The summed E-state index contributed by atoms with van der Waals surface area (Å²) >= 11 is 4.19. The summed E-state index contributed by atoms with van der Waals surface area (Å²) in [6.07, 6.45) is 0. The van der Waals surface area contributed by atoms with Crippen LogP contribution < -0.4 is 0 Å². The van der Waals surface area contributed by atoms with E-state index in [4.69, 9.17) is 9.90 Å². The van der Waals surface area contributed by atoms with E-state index in [2.05, 4.69) is 60.1 Å². The van der Waals surface area contributed by atoms with Crippen molar-refractivity contribution in [3.05, 3.63) is 48.5 Å². The second kappa shape index (κ2) is 5.25. The van der Waals surface area contributed by atoms with Gasteiger partial charge in [-0.15, -0.1) is 0 Å². The van der Waals surface area contributed by atoms with E-state index in [1.165, 1.54) is 10.8 Å². The Kier molecular flexibility index (Phi) is 3.95. The molecule has 0 unspecified atom stereocenters. The Bertz CT molecular complexity index is 357. The van der Waals surface area contributed by atoms with E-state index in [9.17, 15) is 0 Å². The average Bonchev–Trinajstić information content (AvgIpc) is 2.17. The van der Waals surface area contributed by atoms with Crippen LogP contribution in [-0.4, -0.2) is 10.5 Å². The summed E-state index contributed by atoms with van der Waals surface area (Å²) in [4.78, 5) is 8.77. The average molecular weight is 209 g/mol. The molecule has 0 aliphatic heterocycles. The second-order valence-electron chi connectivity index (χ2n) is 2.60. The number of fused-ring (bicyclic) bond motifs is 1. The lowest BCUT2D eigenvalue weighted by molar-refractivity contribution is 0.220. The molecule has 2 aromatic carbocycles. The van der Waals surface area contributed by atoms with Gasteiger partial charge in [0.05, 0.1) is 0 Å². The number of hydrogen-bond donors (Lipinski definition) is 1. The molecular formula is C11H9ClO2. The van der Waals surface area contributed by atoms with E-state index in [1.807, 2.05) is 0 Å². The van der Waals surface area contributed by atoms with Crippen molar-refractivity contribution in [2.24, 2.45) is 0 Å². The lowest BCUT2D eigenvalue weighted by Gasteiger charge is -1.92. The fourth-order valence-electron chi connectivity index (χ4n) is 1.13. The molecule has 0 radical (unpaired) electrons. The van der Waals surface area contributed by atoms with Gasteiger partial charge < -0.3 is 5.11 Å². The highest BCUT2D eigenvalue weighted by Crippen LogP contribution is 2.11. The van der Waals surface area contributed by atoms with Gasteiger partial charge >= 0.3 is 5.43 Å². The number of benzene rings is 2. The molecule has 0 aromatic heterocycles. The monoisotopic (exact) mass is 208 g/mol. The molecule has 1 N–H and O–H groups in total. The second-order valence-corrected chi connectivity index (χ2v) is 2.92. The topological polar surface area (TPSA) is 37.3 Å². The molecule has 0 amide bonds. The quantitative estimate of drug-likeness (QED) is 0.670. The number of halogens is 1. The van der Waals surface area contributed by atoms with Crippen LogP contribution in [-0.2, 0) is 0 Å². The van der Waals surface area contributed by atoms with Gasteiger partial charge in [0, 0.05) is 11.6 Å². The summed E-state index contributed by atoms with van der Waals surface area (Å²) in [5.41, 5.74) is -1.36. The van der Waals surface area contributed by atoms with Gasteiger partial charge in [-0.3, -0.25) is 0 Å². The summed E-state index contributed by atoms with van der Waals surface area (Å²) in [6, 6.07) is 16.7. The molecule has 0 aliphatic carbocycles. The lowest BCUT2D eigenvalue weighted by atomic mass is 10.1. The van der Waals surface area contributed by atoms with E-state index < -0.39 is 5.43 Å². The fourth-order valence-corrected chi connectivity index (χ4v) is 1.13. The maximum absolute atomic E-state index is 8.77. The van der Waals surface area contributed by atoms with Gasteiger partial charge in [-0.05, 0) is 10.8 Å². The van der Waals surface area contributed by atoms with E-state index in [0.29, 0.717) is 0 Å². The zero-order valence-electron chi connectivity index (χ0n) is 7.35. The standard InChI is InChI=1S/C10H8.CHClO2/c1-2-6-10-8-4-3-7-9(10)5-1;2-1(3)4/h1-8H;(H,3,4). The van der Waals surface area contributed by atoms with Crippen LogP contribution >= 0.6 is 11.6 Å². The minimum absolute atomic E-state index is 1.31. The van der Waals surface area contributed by atoms with Crippen molar-refractivity contribution < 1.29 is 9.90 Å². The third kappa shape index (κ3) is 3.46. The Labute approximate surface area is 86.7 Å². The van der Waals surface area contributed by atoms with Gasteiger partial charge in [0.15, 0.2) is 0 Å². The first-order valence-electron chi connectivity index (χ1n) is 4.02. The fraction of sp³-hybridized carbons (Fsp3) is 0. The SMILES string of the molecule is O=C(O)Cl.c1ccc2ccccc2c1. The molecule has 2 aromatic rings. The van der Waals surface area contributed by atoms with Crippen molar-refractivity contribution in [3.63, 3.8) is 0 Å². The summed E-state index contributed by atoms with van der Waals surface area (Å²) in [5, 5.41) is 9.80. The van der Waals surface area contributed by atoms with Crippen LogP contribution in [0.5, 0.6) is 0 Å². The molecule has 0 heterocycles. The van der Waals surface area contributed by atoms with Crippen molar-refractivity contribution in [3.8, 4) is 0 Å². The smallest absolute Gasteiger partial charge is 0.401 e. The molecular weight excluding hydrogens is 200 g/mol. The minimum Gasteiger partial charge on any atom is -0.469 e. The molecule has 2 nitrogen and oxygen atoms in total. The van der Waals surface area contributed by atoms with Crippen molar-refractivity contribution in [1.82, 2.24) is 0 Å². The predicted molar refractivity (Wildman–Crippen MR) is 57.8 cm³/mol. The molecule has 0 bridgehead atoms. The number of rotatable bonds is 0. The number of carboxylic acid groups (broad SMARTS) is 1. The van der Waals surface area contributed by atoms with Crippen molar-refractivity contribution in [2.45, 2.75) is 0 Å². The van der Waals surface area contributed by atoms with E-state index in [0.717, 1.165) is 0 Å². The Morgan fingerprint density at radius 3 is 1.36 bits per heavy atom. The lowest BCUT2D eigenvalue weighted by Crippen LogP contribution is -1.67. The number of carbonyl (C=O) groups is 1. The zero-order valence-corrected chi connectivity index (χ0v) is 8.11. The van der Waals surface area contributed by atoms with Gasteiger partial charge in [0.25, 0.3) is 0 Å². The van der Waals surface area contributed by atoms with Crippen molar-refractivity contribution in [1.29, 1.82) is 0 Å². The third-order valence-electron chi connectivity index (χ3n) is 1.66. The van der Waals surface area contributed by atoms with Crippen LogP contribution in [0, 0.1) is 0 Å². The molecule has 0 spiro atoms. The molecule has 0 saturated carbocycles. The molecule has 0 saturated heterocycles. The summed E-state index contributed by atoms with van der Waals surface area (Å²) < 4.78 is 0. The normalized spacial score (nSPS) is 8.93. The first kappa shape index (κ1) is 10.5. The van der Waals surface area contributed by atoms with Crippen LogP contribution in [0.15, 0.2) is 48.5 Å². The Balaban J connectivity index is 0.000000213. The van der Waals surface area contributed by atoms with E-state index >= 15 is 0 Å². The van der Waals surface area contributed by atoms with E-state index in [-0.39, 0.29) is 0 Å². The summed E-state index contributed by atoms with van der Waals surface area (Å²) in [7, 11) is 0. The molecule has 72 valence electrons. The molecule has 14 heavy (non-hydrogen) atoms. The van der Waals surface area contributed by atoms with Gasteiger partial charge in [0.1, 0.15) is 0 Å². The largest absolute Gasteiger partial charge is 0.469 e. The van der Waals surface area contributed by atoms with Crippen LogP contribution in [0.25, 0.3) is 10.8 Å². The highest BCUT2D eigenvalue weighted by atomic mass is 35.5. The molecule has 3 heteroatoms. The van der Waals surface area contributed by atoms with Crippen LogP contribution in [0.2, 0.25) is 0 Å². The zero-order chi connectivity index (χ0) is 10.4. The molecule has 0 atom stereocenters. The third-order valence-corrected chi connectivity index (χ3v) is 1.66. The predicted octanol–water partition coefficient (Wildman–Crippen LogP) is 3.74. The first-order chi connectivity index (χ1) is 6.70. The van der Waals surface area contributed by atoms with Crippen molar-refractivity contribution >= 4 is 27.8 Å². The Morgan fingerprint density at radius 1 is 0.929 bits per heavy atom. The maximum atomic E-state index is 8.77.